The van der Waals surface area contributed by atoms with Gasteiger partial charge in [-0.2, -0.15) is 0 Å². The quantitative estimate of drug-likeness (QED) is 0.670. The standard InChI is InChI=1S/C19H29FN6O/c1-3-4-8-18(19-21-22-23-26(19)14-15-27-2)25-12-10-24(11-13-25)17-9-6-5-7-16(17)20/h5-7,9,18H,3-4,8,10-15H2,1-2H3. The van der Waals surface area contributed by atoms with Crippen LogP contribution < -0.4 is 4.90 Å². The van der Waals surface area contributed by atoms with Crippen molar-refractivity contribution < 1.29 is 9.13 Å². The van der Waals surface area contributed by atoms with Gasteiger partial charge >= 0.3 is 0 Å². The van der Waals surface area contributed by atoms with Gasteiger partial charge in [0.2, 0.25) is 0 Å². The maximum absolute atomic E-state index is 14.1. The van der Waals surface area contributed by atoms with E-state index in [2.05, 4.69) is 32.2 Å². The summed E-state index contributed by atoms with van der Waals surface area (Å²) in [6, 6.07) is 7.18. The summed E-state index contributed by atoms with van der Waals surface area (Å²) in [5, 5.41) is 12.4. The van der Waals surface area contributed by atoms with E-state index < -0.39 is 0 Å². The Labute approximate surface area is 160 Å². The van der Waals surface area contributed by atoms with E-state index in [1.807, 2.05) is 16.8 Å². The molecule has 8 heteroatoms. The highest BCUT2D eigenvalue weighted by Gasteiger charge is 2.29. The van der Waals surface area contributed by atoms with E-state index in [1.54, 1.807) is 13.2 Å². The van der Waals surface area contributed by atoms with Crippen LogP contribution in [0.5, 0.6) is 0 Å². The molecule has 0 radical (unpaired) electrons. The number of nitrogens with zero attached hydrogens (tertiary/aromatic N) is 6. The first-order valence-corrected chi connectivity index (χ1v) is 9.73. The van der Waals surface area contributed by atoms with Gasteiger partial charge < -0.3 is 9.64 Å². The molecule has 1 atom stereocenters. The number of aromatic nitrogens is 4. The van der Waals surface area contributed by atoms with E-state index in [0.29, 0.717) is 18.8 Å². The summed E-state index contributed by atoms with van der Waals surface area (Å²) in [7, 11) is 1.68. The number of rotatable bonds is 9. The zero-order valence-corrected chi connectivity index (χ0v) is 16.2. The fraction of sp³-hybridized carbons (Fsp3) is 0.632. The largest absolute Gasteiger partial charge is 0.383 e. The highest BCUT2D eigenvalue weighted by atomic mass is 19.1. The molecule has 1 fully saturated rings. The number of unbranched alkanes of at least 4 members (excludes halogenated alkanes) is 1. The topological polar surface area (TPSA) is 59.3 Å². The van der Waals surface area contributed by atoms with E-state index >= 15 is 0 Å². The third-order valence-electron chi connectivity index (χ3n) is 5.14. The molecular weight excluding hydrogens is 347 g/mol. The van der Waals surface area contributed by atoms with Gasteiger partial charge in [-0.15, -0.1) is 5.10 Å². The second-order valence-electron chi connectivity index (χ2n) is 6.89. The second-order valence-corrected chi connectivity index (χ2v) is 6.89. The number of hydrogen-bond acceptors (Lipinski definition) is 6. The molecule has 148 valence electrons. The maximum Gasteiger partial charge on any atom is 0.168 e. The molecule has 1 aliphatic heterocycles. The summed E-state index contributed by atoms with van der Waals surface area (Å²) in [6.07, 6.45) is 3.27. The van der Waals surface area contributed by atoms with Gasteiger partial charge in [0.05, 0.1) is 24.9 Å². The smallest absolute Gasteiger partial charge is 0.168 e. The number of methoxy groups -OCH3 is 1. The zero-order chi connectivity index (χ0) is 19.1. The summed E-state index contributed by atoms with van der Waals surface area (Å²) < 4.78 is 21.1. The number of benzene rings is 1. The van der Waals surface area contributed by atoms with Crippen molar-refractivity contribution in [3.05, 3.63) is 35.9 Å². The van der Waals surface area contributed by atoms with E-state index in [0.717, 1.165) is 51.3 Å². The normalized spacial score (nSPS) is 16.6. The Kier molecular flexibility index (Phi) is 7.11. The van der Waals surface area contributed by atoms with E-state index in [4.69, 9.17) is 4.74 Å². The predicted molar refractivity (Wildman–Crippen MR) is 102 cm³/mol. The van der Waals surface area contributed by atoms with Crippen LogP contribution in [0.1, 0.15) is 38.1 Å². The van der Waals surface area contributed by atoms with Crippen LogP contribution in [0.4, 0.5) is 10.1 Å². The van der Waals surface area contributed by atoms with Gasteiger partial charge in [-0.05, 0) is 29.0 Å². The number of anilines is 1. The second kappa shape index (κ2) is 9.75. The van der Waals surface area contributed by atoms with Crippen LogP contribution in [0.15, 0.2) is 24.3 Å². The van der Waals surface area contributed by atoms with Crippen molar-refractivity contribution in [3.63, 3.8) is 0 Å². The molecule has 7 nitrogen and oxygen atoms in total. The van der Waals surface area contributed by atoms with E-state index in [1.165, 1.54) is 6.07 Å². The maximum atomic E-state index is 14.1. The molecule has 0 saturated carbocycles. The molecule has 0 N–H and O–H groups in total. The van der Waals surface area contributed by atoms with Crippen LogP contribution in [0.2, 0.25) is 0 Å². The molecule has 1 aromatic heterocycles. The van der Waals surface area contributed by atoms with Crippen LogP contribution >= 0.6 is 0 Å². The van der Waals surface area contributed by atoms with Crippen LogP contribution in [0.3, 0.4) is 0 Å². The first-order valence-electron chi connectivity index (χ1n) is 9.73. The van der Waals surface area contributed by atoms with Crippen LogP contribution in [-0.4, -0.2) is 65.0 Å². The summed E-state index contributed by atoms with van der Waals surface area (Å²) in [5.41, 5.74) is 0.687. The minimum atomic E-state index is -0.156. The summed E-state index contributed by atoms with van der Waals surface area (Å²) in [6.45, 7) is 6.74. The molecule has 0 spiro atoms. The Morgan fingerprint density at radius 2 is 1.96 bits per heavy atom. The average Bonchev–Trinajstić information content (AvgIpc) is 3.16. The van der Waals surface area contributed by atoms with E-state index in [-0.39, 0.29) is 11.9 Å². The zero-order valence-electron chi connectivity index (χ0n) is 16.2. The lowest BCUT2D eigenvalue weighted by Gasteiger charge is -2.39. The third-order valence-corrected chi connectivity index (χ3v) is 5.14. The Hall–Kier alpha value is -2.06. The van der Waals surface area contributed by atoms with Gasteiger partial charge in [-0.1, -0.05) is 31.9 Å². The predicted octanol–water partition coefficient (Wildman–Crippen LogP) is 2.51. The molecule has 2 heterocycles. The molecule has 0 amide bonds. The molecule has 1 saturated heterocycles. The number of halogens is 1. The molecular formula is C19H29FN6O. The molecule has 3 rings (SSSR count). The SMILES string of the molecule is CCCCC(c1nnnn1CCOC)N1CCN(c2ccccc2F)CC1. The number of piperazine rings is 1. The average molecular weight is 376 g/mol. The van der Waals surface area contributed by atoms with Gasteiger partial charge in [-0.25, -0.2) is 9.07 Å². The van der Waals surface area contributed by atoms with Crippen molar-refractivity contribution in [2.45, 2.75) is 38.8 Å². The van der Waals surface area contributed by atoms with Crippen molar-refractivity contribution in [1.29, 1.82) is 0 Å². The van der Waals surface area contributed by atoms with Crippen molar-refractivity contribution in [2.75, 3.05) is 44.8 Å². The summed E-state index contributed by atoms with van der Waals surface area (Å²) >= 11 is 0. The fourth-order valence-electron chi connectivity index (χ4n) is 3.64. The van der Waals surface area contributed by atoms with Crippen LogP contribution in [0.25, 0.3) is 0 Å². The van der Waals surface area contributed by atoms with Gasteiger partial charge in [0.15, 0.2) is 5.82 Å². The first kappa shape index (κ1) is 19.7. The Balaban J connectivity index is 1.70. The van der Waals surface area contributed by atoms with Crippen molar-refractivity contribution in [1.82, 2.24) is 25.1 Å². The highest BCUT2D eigenvalue weighted by molar-refractivity contribution is 5.48. The lowest BCUT2D eigenvalue weighted by atomic mass is 10.1. The molecule has 1 unspecified atom stereocenters. The molecule has 0 aliphatic carbocycles. The van der Waals surface area contributed by atoms with Crippen LogP contribution in [-0.2, 0) is 11.3 Å². The highest BCUT2D eigenvalue weighted by Crippen LogP contribution is 2.28. The minimum Gasteiger partial charge on any atom is -0.383 e. The van der Waals surface area contributed by atoms with Gasteiger partial charge in [0, 0.05) is 33.3 Å². The molecule has 0 bridgehead atoms. The lowest BCUT2D eigenvalue weighted by molar-refractivity contribution is 0.152. The Morgan fingerprint density at radius 3 is 2.67 bits per heavy atom. The Morgan fingerprint density at radius 1 is 1.19 bits per heavy atom. The van der Waals surface area contributed by atoms with Gasteiger partial charge in [0.25, 0.3) is 0 Å². The molecule has 27 heavy (non-hydrogen) atoms. The van der Waals surface area contributed by atoms with E-state index in [9.17, 15) is 4.39 Å². The first-order chi connectivity index (χ1) is 13.2. The summed E-state index contributed by atoms with van der Waals surface area (Å²) in [4.78, 5) is 4.55. The Bertz CT molecular complexity index is 701. The number of ether oxygens (including phenoxy) is 1. The molecule has 1 aromatic carbocycles. The minimum absolute atomic E-state index is 0.156. The monoisotopic (exact) mass is 376 g/mol. The number of para-hydroxylation sites is 1. The van der Waals surface area contributed by atoms with Gasteiger partial charge in [-0.3, -0.25) is 4.90 Å². The van der Waals surface area contributed by atoms with Crippen molar-refractivity contribution in [3.8, 4) is 0 Å². The van der Waals surface area contributed by atoms with Crippen molar-refractivity contribution in [2.24, 2.45) is 0 Å². The van der Waals surface area contributed by atoms with Crippen molar-refractivity contribution >= 4 is 5.69 Å². The lowest BCUT2D eigenvalue weighted by Crippen LogP contribution is -2.48. The molecule has 1 aliphatic rings. The third kappa shape index (κ3) is 4.81. The number of hydrogen-bond donors (Lipinski definition) is 0. The number of tetrazole rings is 1. The summed E-state index contributed by atoms with van der Waals surface area (Å²) in [5.74, 6) is 0.747. The molecule has 2 aromatic rings. The fourth-order valence-corrected chi connectivity index (χ4v) is 3.64. The van der Waals surface area contributed by atoms with Crippen LogP contribution in [0, 0.1) is 5.82 Å². The van der Waals surface area contributed by atoms with Gasteiger partial charge in [0.1, 0.15) is 5.82 Å².